The van der Waals surface area contributed by atoms with E-state index in [4.69, 9.17) is 0 Å². The summed E-state index contributed by atoms with van der Waals surface area (Å²) >= 11 is 0. The minimum atomic E-state index is -3.74. The Kier molecular flexibility index (Phi) is 4.12. The van der Waals surface area contributed by atoms with Crippen LogP contribution in [0.15, 0.2) is 52.2 Å². The van der Waals surface area contributed by atoms with Gasteiger partial charge in [-0.2, -0.15) is 0 Å². The van der Waals surface area contributed by atoms with Crippen LogP contribution < -0.4 is 15.3 Å². The van der Waals surface area contributed by atoms with Crippen molar-refractivity contribution in [2.45, 2.75) is 17.9 Å². The lowest BCUT2D eigenvalue weighted by molar-refractivity contribution is -0.117. The van der Waals surface area contributed by atoms with E-state index in [1.165, 1.54) is 21.6 Å². The third-order valence-electron chi connectivity index (χ3n) is 4.75. The maximum atomic E-state index is 12.6. The average molecular weight is 386 g/mol. The van der Waals surface area contributed by atoms with E-state index in [0.29, 0.717) is 11.1 Å². The second kappa shape index (κ2) is 6.36. The molecule has 3 aromatic rings. The van der Waals surface area contributed by atoms with Gasteiger partial charge in [-0.05, 0) is 35.9 Å². The molecule has 0 atom stereocenters. The number of para-hydroxylation sites is 2. The van der Waals surface area contributed by atoms with Gasteiger partial charge in [-0.1, -0.05) is 12.1 Å². The Morgan fingerprint density at radius 1 is 1.15 bits per heavy atom. The van der Waals surface area contributed by atoms with E-state index in [0.717, 1.165) is 11.2 Å². The smallest absolute Gasteiger partial charge is 0.315 e. The number of rotatable bonds is 5. The monoisotopic (exact) mass is 386 g/mol. The molecule has 1 aliphatic rings. The zero-order valence-corrected chi connectivity index (χ0v) is 15.4. The Morgan fingerprint density at radius 2 is 1.93 bits per heavy atom. The van der Waals surface area contributed by atoms with Gasteiger partial charge in [0.2, 0.25) is 15.9 Å². The molecule has 8 nitrogen and oxygen atoms in total. The standard InChI is InChI=1S/C18H18N4O4S/c1-21-15-7-6-13(10-12(15)11-17(21)23)27(25,26)19-8-9-22-16-5-3-2-4-14(16)20-18(22)24/h2-7,10,19H,8-9,11H2,1H3,(H,20,24). The molecule has 140 valence electrons. The van der Waals surface area contributed by atoms with Gasteiger partial charge in [0.1, 0.15) is 0 Å². The van der Waals surface area contributed by atoms with Crippen LogP contribution in [0.25, 0.3) is 11.0 Å². The molecule has 0 spiro atoms. The van der Waals surface area contributed by atoms with Gasteiger partial charge in [0.25, 0.3) is 0 Å². The van der Waals surface area contributed by atoms with Crippen molar-refractivity contribution in [3.8, 4) is 0 Å². The molecule has 4 rings (SSSR count). The predicted molar refractivity (Wildman–Crippen MR) is 101 cm³/mol. The number of anilines is 1. The van der Waals surface area contributed by atoms with Crippen LogP contribution in [-0.2, 0) is 27.8 Å². The number of aromatic nitrogens is 2. The van der Waals surface area contributed by atoms with Crippen LogP contribution in [0.1, 0.15) is 5.56 Å². The largest absolute Gasteiger partial charge is 0.326 e. The van der Waals surface area contributed by atoms with Gasteiger partial charge in [0, 0.05) is 25.8 Å². The minimum absolute atomic E-state index is 0.0637. The fraction of sp³-hybridized carbons (Fsp3) is 0.222. The molecule has 0 bridgehead atoms. The Morgan fingerprint density at radius 3 is 2.74 bits per heavy atom. The van der Waals surface area contributed by atoms with Crippen molar-refractivity contribution >= 4 is 32.7 Å². The van der Waals surface area contributed by atoms with E-state index in [-0.39, 0.29) is 36.0 Å². The van der Waals surface area contributed by atoms with Crippen LogP contribution >= 0.6 is 0 Å². The second-order valence-electron chi connectivity index (χ2n) is 6.42. The van der Waals surface area contributed by atoms with E-state index >= 15 is 0 Å². The van der Waals surface area contributed by atoms with Crippen molar-refractivity contribution in [1.29, 1.82) is 0 Å². The third kappa shape index (κ3) is 3.04. The number of imidazole rings is 1. The average Bonchev–Trinajstić information content (AvgIpc) is 3.11. The molecule has 0 saturated heterocycles. The molecular weight excluding hydrogens is 368 g/mol. The molecule has 9 heteroatoms. The highest BCUT2D eigenvalue weighted by atomic mass is 32.2. The molecule has 0 unspecified atom stereocenters. The van der Waals surface area contributed by atoms with E-state index in [9.17, 15) is 18.0 Å². The van der Waals surface area contributed by atoms with Crippen molar-refractivity contribution in [2.24, 2.45) is 0 Å². The molecule has 0 fully saturated rings. The van der Waals surface area contributed by atoms with Crippen LogP contribution in [0.3, 0.4) is 0 Å². The highest BCUT2D eigenvalue weighted by Crippen LogP contribution is 2.29. The van der Waals surface area contributed by atoms with Gasteiger partial charge in [-0.15, -0.1) is 0 Å². The Labute approximate surface area is 155 Å². The quantitative estimate of drug-likeness (QED) is 0.678. The third-order valence-corrected chi connectivity index (χ3v) is 6.21. The van der Waals surface area contributed by atoms with Crippen molar-refractivity contribution in [3.05, 3.63) is 58.5 Å². The number of hydrogen-bond acceptors (Lipinski definition) is 4. The Hall–Kier alpha value is -2.91. The van der Waals surface area contributed by atoms with Crippen LogP contribution in [0.5, 0.6) is 0 Å². The molecule has 2 N–H and O–H groups in total. The van der Waals surface area contributed by atoms with Gasteiger partial charge in [-0.3, -0.25) is 9.36 Å². The lowest BCUT2D eigenvalue weighted by Crippen LogP contribution is -2.30. The molecule has 2 aromatic carbocycles. The number of carbonyl (C=O) groups is 1. The zero-order valence-electron chi connectivity index (χ0n) is 14.6. The number of benzene rings is 2. The number of sulfonamides is 1. The summed E-state index contributed by atoms with van der Waals surface area (Å²) in [6.45, 7) is 0.272. The van der Waals surface area contributed by atoms with Crippen molar-refractivity contribution in [2.75, 3.05) is 18.5 Å². The molecule has 1 aliphatic heterocycles. The highest BCUT2D eigenvalue weighted by molar-refractivity contribution is 7.89. The predicted octanol–water partition coefficient (Wildman–Crippen LogP) is 0.827. The number of nitrogens with one attached hydrogen (secondary N) is 2. The van der Waals surface area contributed by atoms with Gasteiger partial charge < -0.3 is 9.88 Å². The number of aromatic amines is 1. The fourth-order valence-electron chi connectivity index (χ4n) is 3.32. The van der Waals surface area contributed by atoms with Gasteiger partial charge in [0.15, 0.2) is 0 Å². The maximum Gasteiger partial charge on any atom is 0.326 e. The summed E-state index contributed by atoms with van der Waals surface area (Å²) in [4.78, 5) is 28.2. The number of carbonyl (C=O) groups excluding carboxylic acids is 1. The summed E-state index contributed by atoms with van der Waals surface area (Å²) in [5.41, 5.74) is 2.57. The SMILES string of the molecule is CN1C(=O)Cc2cc(S(=O)(=O)NCCn3c(=O)[nH]c4ccccc43)ccc21. The molecule has 27 heavy (non-hydrogen) atoms. The van der Waals surface area contributed by atoms with Gasteiger partial charge in [-0.25, -0.2) is 17.9 Å². The Bertz CT molecular complexity index is 1210. The highest BCUT2D eigenvalue weighted by Gasteiger charge is 2.26. The van der Waals surface area contributed by atoms with Crippen molar-refractivity contribution < 1.29 is 13.2 Å². The van der Waals surface area contributed by atoms with Gasteiger partial charge >= 0.3 is 5.69 Å². The summed E-state index contributed by atoms with van der Waals surface area (Å²) in [6, 6.07) is 11.9. The second-order valence-corrected chi connectivity index (χ2v) is 8.18. The fourth-order valence-corrected chi connectivity index (χ4v) is 4.39. The summed E-state index contributed by atoms with van der Waals surface area (Å²) in [6.07, 6.45) is 0.194. The molecule has 0 saturated carbocycles. The van der Waals surface area contributed by atoms with E-state index in [1.54, 1.807) is 25.2 Å². The molecular formula is C18H18N4O4S. The number of H-pyrrole nitrogens is 1. The summed E-state index contributed by atoms with van der Waals surface area (Å²) in [5, 5.41) is 0. The van der Waals surface area contributed by atoms with Crippen LogP contribution in [0.4, 0.5) is 5.69 Å². The van der Waals surface area contributed by atoms with E-state index < -0.39 is 10.0 Å². The number of fused-ring (bicyclic) bond motifs is 2. The minimum Gasteiger partial charge on any atom is -0.315 e. The van der Waals surface area contributed by atoms with Gasteiger partial charge in [0.05, 0.1) is 22.3 Å². The normalized spacial score (nSPS) is 14.1. The van der Waals surface area contributed by atoms with Crippen LogP contribution in [-0.4, -0.2) is 37.5 Å². The number of hydrogen-bond donors (Lipinski definition) is 2. The Balaban J connectivity index is 1.51. The lowest BCUT2D eigenvalue weighted by Gasteiger charge is -2.11. The first-order valence-corrected chi connectivity index (χ1v) is 9.92. The van der Waals surface area contributed by atoms with Crippen molar-refractivity contribution in [3.63, 3.8) is 0 Å². The number of nitrogens with zero attached hydrogens (tertiary/aromatic N) is 2. The van der Waals surface area contributed by atoms with E-state index in [1.807, 2.05) is 12.1 Å². The summed E-state index contributed by atoms with van der Waals surface area (Å²) in [7, 11) is -2.08. The topological polar surface area (TPSA) is 104 Å². The first-order valence-electron chi connectivity index (χ1n) is 8.43. The molecule has 1 aromatic heterocycles. The molecule has 1 amide bonds. The van der Waals surface area contributed by atoms with E-state index in [2.05, 4.69) is 9.71 Å². The lowest BCUT2D eigenvalue weighted by atomic mass is 10.2. The molecule has 0 aliphatic carbocycles. The number of amides is 1. The summed E-state index contributed by atoms with van der Waals surface area (Å²) < 4.78 is 29.1. The summed E-state index contributed by atoms with van der Waals surface area (Å²) in [5.74, 6) is -0.0637. The number of likely N-dealkylation sites (N-methyl/N-ethyl adjacent to an activating group) is 1. The van der Waals surface area contributed by atoms with Crippen LogP contribution in [0.2, 0.25) is 0 Å². The zero-order chi connectivity index (χ0) is 19.2. The van der Waals surface area contributed by atoms with Crippen LogP contribution in [0, 0.1) is 0 Å². The molecule has 0 radical (unpaired) electrons. The first-order chi connectivity index (χ1) is 12.9. The molecule has 2 heterocycles. The first kappa shape index (κ1) is 17.5. The maximum absolute atomic E-state index is 12.6. The van der Waals surface area contributed by atoms with Crippen molar-refractivity contribution in [1.82, 2.24) is 14.3 Å².